The highest BCUT2D eigenvalue weighted by atomic mass is 32.2. The maximum absolute atomic E-state index is 13.6. The van der Waals surface area contributed by atoms with Gasteiger partial charge in [0.25, 0.3) is 0 Å². The molecule has 2 atom stereocenters. The first-order valence-corrected chi connectivity index (χ1v) is 13.2. The highest BCUT2D eigenvalue weighted by molar-refractivity contribution is 7.99. The molecule has 0 spiro atoms. The molecular formula is C27H35N3O3S. The fraction of sp³-hybridized carbons (Fsp3) is 0.481. The van der Waals surface area contributed by atoms with E-state index in [0.29, 0.717) is 5.75 Å². The summed E-state index contributed by atoms with van der Waals surface area (Å²) < 4.78 is 5.30. The smallest absolute Gasteiger partial charge is 0.323 e. The lowest BCUT2D eigenvalue weighted by atomic mass is 10.1. The van der Waals surface area contributed by atoms with Crippen LogP contribution < -0.4 is 15.4 Å². The van der Waals surface area contributed by atoms with Crippen molar-refractivity contribution < 1.29 is 14.3 Å². The van der Waals surface area contributed by atoms with Gasteiger partial charge in [-0.3, -0.25) is 9.69 Å². The van der Waals surface area contributed by atoms with Gasteiger partial charge in [-0.05, 0) is 67.6 Å². The van der Waals surface area contributed by atoms with Crippen LogP contribution in [-0.4, -0.2) is 41.8 Å². The SMILES string of the molecule is COc1ccc(C2SCC(C(=O)NC3CCCCCC3)N2C(=O)Nc2ccc(C)c(C)c2)cc1. The van der Waals surface area contributed by atoms with Crippen LogP contribution in [-0.2, 0) is 4.79 Å². The van der Waals surface area contributed by atoms with Gasteiger partial charge in [0, 0.05) is 17.5 Å². The van der Waals surface area contributed by atoms with Crippen LogP contribution in [0.2, 0.25) is 0 Å². The molecule has 2 fully saturated rings. The second-order valence-electron chi connectivity index (χ2n) is 9.31. The van der Waals surface area contributed by atoms with Crippen molar-refractivity contribution in [1.82, 2.24) is 10.2 Å². The van der Waals surface area contributed by atoms with Crippen molar-refractivity contribution in [2.75, 3.05) is 18.2 Å². The Morgan fingerprint density at radius 1 is 0.971 bits per heavy atom. The summed E-state index contributed by atoms with van der Waals surface area (Å²) in [7, 11) is 1.64. The van der Waals surface area contributed by atoms with E-state index < -0.39 is 6.04 Å². The monoisotopic (exact) mass is 481 g/mol. The van der Waals surface area contributed by atoms with Gasteiger partial charge in [0.1, 0.15) is 17.2 Å². The molecule has 0 aromatic heterocycles. The summed E-state index contributed by atoms with van der Waals surface area (Å²) in [6.07, 6.45) is 6.79. The minimum absolute atomic E-state index is 0.0503. The molecule has 6 nitrogen and oxygen atoms in total. The number of aryl methyl sites for hydroxylation is 2. The number of ether oxygens (including phenoxy) is 1. The van der Waals surface area contributed by atoms with Gasteiger partial charge < -0.3 is 15.4 Å². The van der Waals surface area contributed by atoms with Crippen molar-refractivity contribution in [2.45, 2.75) is 69.8 Å². The summed E-state index contributed by atoms with van der Waals surface area (Å²) in [6, 6.07) is 13.0. The first kappa shape index (κ1) is 24.5. The third kappa shape index (κ3) is 5.69. The fourth-order valence-electron chi connectivity index (χ4n) is 4.71. The predicted molar refractivity (Wildman–Crippen MR) is 138 cm³/mol. The number of hydrogen-bond donors (Lipinski definition) is 2. The first-order valence-electron chi connectivity index (χ1n) is 12.2. The predicted octanol–water partition coefficient (Wildman–Crippen LogP) is 5.80. The number of carbonyl (C=O) groups excluding carboxylic acids is 2. The van der Waals surface area contributed by atoms with Crippen LogP contribution in [0.1, 0.15) is 60.6 Å². The number of methoxy groups -OCH3 is 1. The molecular weight excluding hydrogens is 446 g/mol. The van der Waals surface area contributed by atoms with Gasteiger partial charge in [-0.1, -0.05) is 43.9 Å². The zero-order valence-electron chi connectivity index (χ0n) is 20.3. The summed E-state index contributed by atoms with van der Waals surface area (Å²) in [5.41, 5.74) is 4.00. The summed E-state index contributed by atoms with van der Waals surface area (Å²) in [4.78, 5) is 28.7. The molecule has 1 saturated carbocycles. The van der Waals surface area contributed by atoms with Crippen molar-refractivity contribution >= 4 is 29.4 Å². The normalized spacial score (nSPS) is 21.1. The van der Waals surface area contributed by atoms with Crippen LogP contribution in [0.15, 0.2) is 42.5 Å². The molecule has 1 heterocycles. The average molecular weight is 482 g/mol. The maximum atomic E-state index is 13.6. The molecule has 3 amide bonds. The van der Waals surface area contributed by atoms with E-state index in [4.69, 9.17) is 4.74 Å². The molecule has 1 aliphatic carbocycles. The number of nitrogens with zero attached hydrogens (tertiary/aromatic N) is 1. The van der Waals surface area contributed by atoms with Gasteiger partial charge in [-0.15, -0.1) is 11.8 Å². The van der Waals surface area contributed by atoms with Crippen molar-refractivity contribution in [3.8, 4) is 5.75 Å². The number of carbonyl (C=O) groups is 2. The lowest BCUT2D eigenvalue weighted by molar-refractivity contribution is -0.125. The zero-order valence-corrected chi connectivity index (χ0v) is 21.1. The number of amides is 3. The van der Waals surface area contributed by atoms with E-state index in [9.17, 15) is 9.59 Å². The van der Waals surface area contributed by atoms with Gasteiger partial charge in [-0.25, -0.2) is 4.79 Å². The molecule has 182 valence electrons. The van der Waals surface area contributed by atoms with E-state index in [1.165, 1.54) is 18.4 Å². The molecule has 2 aromatic carbocycles. The van der Waals surface area contributed by atoms with Gasteiger partial charge >= 0.3 is 6.03 Å². The minimum Gasteiger partial charge on any atom is -0.497 e. The lowest BCUT2D eigenvalue weighted by Crippen LogP contribution is -2.51. The molecule has 2 aliphatic rings. The summed E-state index contributed by atoms with van der Waals surface area (Å²) in [5, 5.41) is 6.06. The Balaban J connectivity index is 1.56. The highest BCUT2D eigenvalue weighted by Crippen LogP contribution is 2.42. The minimum atomic E-state index is -0.521. The fourth-order valence-corrected chi connectivity index (χ4v) is 6.14. The van der Waals surface area contributed by atoms with Crippen LogP contribution in [0.5, 0.6) is 5.75 Å². The number of hydrogen-bond acceptors (Lipinski definition) is 4. The Kier molecular flexibility index (Phi) is 8.03. The van der Waals surface area contributed by atoms with Gasteiger partial charge in [-0.2, -0.15) is 0 Å². The quantitative estimate of drug-likeness (QED) is 0.530. The number of anilines is 1. The first-order chi connectivity index (χ1) is 16.5. The van der Waals surface area contributed by atoms with Crippen LogP contribution in [0, 0.1) is 13.8 Å². The van der Waals surface area contributed by atoms with E-state index in [2.05, 4.69) is 10.6 Å². The molecule has 0 radical (unpaired) electrons. The van der Waals surface area contributed by atoms with Crippen molar-refractivity contribution in [3.63, 3.8) is 0 Å². The van der Waals surface area contributed by atoms with E-state index in [0.717, 1.165) is 48.2 Å². The highest BCUT2D eigenvalue weighted by Gasteiger charge is 2.43. The molecule has 0 bridgehead atoms. The number of nitrogens with one attached hydrogen (secondary N) is 2. The Morgan fingerprint density at radius 2 is 1.68 bits per heavy atom. The summed E-state index contributed by atoms with van der Waals surface area (Å²) in [5.74, 6) is 1.28. The zero-order chi connectivity index (χ0) is 24.1. The molecule has 7 heteroatoms. The van der Waals surface area contributed by atoms with Crippen LogP contribution >= 0.6 is 11.8 Å². The van der Waals surface area contributed by atoms with Crippen LogP contribution in [0.4, 0.5) is 10.5 Å². The summed E-state index contributed by atoms with van der Waals surface area (Å²) >= 11 is 1.63. The second kappa shape index (κ2) is 11.2. The van der Waals surface area contributed by atoms with E-state index in [-0.39, 0.29) is 23.4 Å². The average Bonchev–Trinajstić information content (AvgIpc) is 3.13. The van der Waals surface area contributed by atoms with Crippen molar-refractivity contribution in [2.24, 2.45) is 0 Å². The standard InChI is InChI=1S/C27H35N3O3S/c1-18-10-13-22(16-19(18)2)29-27(32)30-24(25(31)28-21-8-6-4-5-7-9-21)17-34-26(30)20-11-14-23(33-3)15-12-20/h10-16,21,24,26H,4-9,17H2,1-3H3,(H,28,31)(H,29,32). The Labute approximate surface area is 206 Å². The summed E-state index contributed by atoms with van der Waals surface area (Å²) in [6.45, 7) is 4.07. The molecule has 2 unspecified atom stereocenters. The van der Waals surface area contributed by atoms with Crippen LogP contribution in [0.25, 0.3) is 0 Å². The van der Waals surface area contributed by atoms with Gasteiger partial charge in [0.15, 0.2) is 0 Å². The molecule has 4 rings (SSSR count). The largest absolute Gasteiger partial charge is 0.497 e. The Morgan fingerprint density at radius 3 is 2.32 bits per heavy atom. The number of urea groups is 1. The molecule has 2 N–H and O–H groups in total. The second-order valence-corrected chi connectivity index (χ2v) is 10.4. The Bertz CT molecular complexity index is 1000. The number of benzene rings is 2. The number of thioether (sulfide) groups is 1. The van der Waals surface area contributed by atoms with E-state index in [1.807, 2.05) is 56.3 Å². The van der Waals surface area contributed by atoms with Crippen LogP contribution in [0.3, 0.4) is 0 Å². The number of rotatable bonds is 5. The third-order valence-corrected chi connectivity index (χ3v) is 8.22. The van der Waals surface area contributed by atoms with Crippen molar-refractivity contribution in [1.29, 1.82) is 0 Å². The molecule has 2 aromatic rings. The topological polar surface area (TPSA) is 70.7 Å². The van der Waals surface area contributed by atoms with Crippen molar-refractivity contribution in [3.05, 3.63) is 59.2 Å². The Hall–Kier alpha value is -2.67. The van der Waals surface area contributed by atoms with E-state index in [1.54, 1.807) is 23.8 Å². The van der Waals surface area contributed by atoms with Gasteiger partial charge in [0.2, 0.25) is 5.91 Å². The lowest BCUT2D eigenvalue weighted by Gasteiger charge is -2.30. The molecule has 34 heavy (non-hydrogen) atoms. The van der Waals surface area contributed by atoms with Gasteiger partial charge in [0.05, 0.1) is 7.11 Å². The molecule has 1 saturated heterocycles. The third-order valence-electron chi connectivity index (χ3n) is 6.90. The van der Waals surface area contributed by atoms with E-state index >= 15 is 0 Å². The maximum Gasteiger partial charge on any atom is 0.323 e. The molecule has 1 aliphatic heterocycles.